The summed E-state index contributed by atoms with van der Waals surface area (Å²) in [5, 5.41) is 1.85. The van der Waals surface area contributed by atoms with Crippen LogP contribution in [0.4, 0.5) is 0 Å². The van der Waals surface area contributed by atoms with Gasteiger partial charge in [0.05, 0.1) is 17.2 Å². The number of rotatable bonds is 4. The predicted octanol–water partition coefficient (Wildman–Crippen LogP) is 1.98. The Kier molecular flexibility index (Phi) is 6.01. The smallest absolute Gasteiger partial charge is 0.355 e. The van der Waals surface area contributed by atoms with Crippen molar-refractivity contribution in [2.75, 3.05) is 0 Å². The average Bonchev–Trinajstić information content (AvgIpc) is 2.63. The van der Waals surface area contributed by atoms with Crippen molar-refractivity contribution in [1.29, 1.82) is 0 Å². The second-order valence-electron chi connectivity index (χ2n) is 7.98. The maximum absolute atomic E-state index is 12.9. The molecule has 0 saturated carbocycles. The van der Waals surface area contributed by atoms with Crippen LogP contribution in [0.1, 0.15) is 33.3 Å². The van der Waals surface area contributed by atoms with E-state index in [1.807, 2.05) is 30.3 Å². The normalized spacial score (nSPS) is 26.5. The zero-order chi connectivity index (χ0) is 21.5. The van der Waals surface area contributed by atoms with Crippen LogP contribution in [0.15, 0.2) is 41.6 Å². The Bertz CT molecular complexity index is 909. The second kappa shape index (κ2) is 8.02. The van der Waals surface area contributed by atoms with Crippen molar-refractivity contribution in [1.82, 2.24) is 10.2 Å². The van der Waals surface area contributed by atoms with E-state index in [2.05, 4.69) is 21.2 Å². The molecule has 0 spiro atoms. The minimum Gasteiger partial charge on any atom is -0.455 e. The van der Waals surface area contributed by atoms with Crippen LogP contribution in [-0.4, -0.2) is 48.1 Å². The van der Waals surface area contributed by atoms with E-state index in [4.69, 9.17) is 4.74 Å². The maximum atomic E-state index is 12.9. The Morgan fingerprint density at radius 2 is 1.86 bits per heavy atom. The molecule has 2 aliphatic heterocycles. The first-order chi connectivity index (χ1) is 13.5. The van der Waals surface area contributed by atoms with Crippen LogP contribution in [-0.2, 0) is 36.3 Å². The molecular weight excluding hydrogens is 460 g/mol. The number of nitrogens with zero attached hydrogens (tertiary/aromatic N) is 1. The van der Waals surface area contributed by atoms with E-state index < -0.39 is 43.9 Å². The average molecular weight is 483 g/mol. The molecule has 0 aromatic heterocycles. The highest BCUT2D eigenvalue weighted by Gasteiger charge is 2.59. The molecule has 7 nitrogen and oxygen atoms in total. The lowest BCUT2D eigenvalue weighted by Gasteiger charge is -2.50. The maximum Gasteiger partial charge on any atom is 0.355 e. The second-order valence-corrected chi connectivity index (χ2v) is 11.1. The number of esters is 1. The van der Waals surface area contributed by atoms with Crippen molar-refractivity contribution in [3.05, 3.63) is 47.2 Å². The molecule has 0 radical (unpaired) electrons. The number of ether oxygens (including phenoxy) is 1. The van der Waals surface area contributed by atoms with Crippen molar-refractivity contribution < 1.29 is 23.3 Å². The fourth-order valence-electron chi connectivity index (χ4n) is 3.26. The number of hydrogen-bond acceptors (Lipinski definition) is 5. The molecule has 9 heteroatoms. The fourth-order valence-corrected chi connectivity index (χ4v) is 5.71. The van der Waals surface area contributed by atoms with Crippen molar-refractivity contribution in [3.8, 4) is 0 Å². The van der Waals surface area contributed by atoms with E-state index in [0.29, 0.717) is 5.57 Å². The van der Waals surface area contributed by atoms with Gasteiger partial charge in [0.25, 0.3) is 5.91 Å². The van der Waals surface area contributed by atoms with E-state index in [-0.39, 0.29) is 18.0 Å². The number of hydrogen-bond donors (Lipinski definition) is 1. The number of alkyl halides is 1. The van der Waals surface area contributed by atoms with Gasteiger partial charge in [-0.05, 0) is 38.8 Å². The summed E-state index contributed by atoms with van der Waals surface area (Å²) in [6.07, 6.45) is 0.107. The molecule has 2 amide bonds. The predicted molar refractivity (Wildman–Crippen MR) is 112 cm³/mol. The lowest BCUT2D eigenvalue weighted by Crippen LogP contribution is -2.74. The summed E-state index contributed by atoms with van der Waals surface area (Å²) in [6, 6.07) is 8.18. The number of benzene rings is 1. The lowest BCUT2D eigenvalue weighted by molar-refractivity contribution is -0.159. The quantitative estimate of drug-likeness (QED) is 0.402. The topological polar surface area (TPSA) is 92.8 Å². The largest absolute Gasteiger partial charge is 0.455 e. The summed E-state index contributed by atoms with van der Waals surface area (Å²) in [6.45, 7) is 6.83. The Morgan fingerprint density at radius 3 is 2.45 bits per heavy atom. The van der Waals surface area contributed by atoms with E-state index in [1.165, 1.54) is 4.90 Å². The lowest BCUT2D eigenvalue weighted by atomic mass is 10.0. The van der Waals surface area contributed by atoms with Crippen molar-refractivity contribution in [3.63, 3.8) is 0 Å². The molecule has 1 aromatic carbocycles. The van der Waals surface area contributed by atoms with Gasteiger partial charge in [-0.25, -0.2) is 4.79 Å². The molecule has 156 valence electrons. The highest BCUT2D eigenvalue weighted by molar-refractivity contribution is 9.11. The minimum atomic E-state index is -1.54. The van der Waals surface area contributed by atoms with Gasteiger partial charge in [-0.1, -0.05) is 46.3 Å². The molecule has 1 fully saturated rings. The standard InChI is InChI=1S/C20H23BrN2O5S/c1-11-15(19(26)28-20(2,3)4)23-17(25)14(18(23)29(27)16(11)21)22-13(24)10-12-8-6-5-7-9-12/h5-9,14,16,18H,10H2,1-4H3,(H,22,24)/t14?,16?,18-,29?/m1/s1. The van der Waals surface area contributed by atoms with Gasteiger partial charge in [0.1, 0.15) is 26.9 Å². The van der Waals surface area contributed by atoms with Gasteiger partial charge in [0.2, 0.25) is 5.91 Å². The molecule has 3 unspecified atom stereocenters. The van der Waals surface area contributed by atoms with Crippen molar-refractivity contribution >= 4 is 44.5 Å². The van der Waals surface area contributed by atoms with Crippen LogP contribution in [0.5, 0.6) is 0 Å². The molecule has 2 aliphatic rings. The third-order valence-corrected chi connectivity index (χ3v) is 8.07. The number of fused-ring (bicyclic) bond motifs is 1. The Hall–Kier alpha value is -2.00. The van der Waals surface area contributed by atoms with Crippen LogP contribution in [0.2, 0.25) is 0 Å². The third-order valence-electron chi connectivity index (χ3n) is 4.56. The van der Waals surface area contributed by atoms with Crippen LogP contribution >= 0.6 is 15.9 Å². The van der Waals surface area contributed by atoms with Crippen LogP contribution < -0.4 is 5.32 Å². The monoisotopic (exact) mass is 482 g/mol. The first-order valence-electron chi connectivity index (χ1n) is 9.15. The summed E-state index contributed by atoms with van der Waals surface area (Å²) >= 11 is 3.36. The zero-order valence-electron chi connectivity index (χ0n) is 16.6. The van der Waals surface area contributed by atoms with Gasteiger partial charge in [-0.15, -0.1) is 0 Å². The highest BCUT2D eigenvalue weighted by atomic mass is 79.9. The van der Waals surface area contributed by atoms with Crippen LogP contribution in [0.3, 0.4) is 0 Å². The number of carbonyl (C=O) groups is 3. The van der Waals surface area contributed by atoms with Gasteiger partial charge in [-0.2, -0.15) is 0 Å². The fraction of sp³-hybridized carbons (Fsp3) is 0.450. The Labute approximate surface area is 180 Å². The number of amides is 2. The van der Waals surface area contributed by atoms with Crippen LogP contribution in [0, 0.1) is 0 Å². The van der Waals surface area contributed by atoms with Gasteiger partial charge in [-0.3, -0.25) is 18.7 Å². The van der Waals surface area contributed by atoms with Gasteiger partial charge in [0, 0.05) is 0 Å². The first-order valence-corrected chi connectivity index (χ1v) is 11.3. The van der Waals surface area contributed by atoms with Gasteiger partial charge in [0.15, 0.2) is 0 Å². The molecule has 4 atom stereocenters. The highest BCUT2D eigenvalue weighted by Crippen LogP contribution is 2.40. The number of β-lactam (4-membered cyclic amide) rings is 1. The van der Waals surface area contributed by atoms with Crippen molar-refractivity contribution in [2.24, 2.45) is 0 Å². The molecule has 1 aromatic rings. The first kappa shape index (κ1) is 21.7. The molecule has 0 aliphatic carbocycles. The van der Waals surface area contributed by atoms with Gasteiger partial charge >= 0.3 is 5.97 Å². The van der Waals surface area contributed by atoms with Crippen LogP contribution in [0.25, 0.3) is 0 Å². The van der Waals surface area contributed by atoms with Gasteiger partial charge < -0.3 is 10.1 Å². The molecule has 3 rings (SSSR count). The molecule has 2 heterocycles. The Balaban J connectivity index is 1.80. The Morgan fingerprint density at radius 1 is 1.24 bits per heavy atom. The SMILES string of the molecule is CC1=C(C(=O)OC(C)(C)C)N2C(=O)C(NC(=O)Cc3ccccc3)[C@H]2S(=O)C1Br. The van der Waals surface area contributed by atoms with E-state index >= 15 is 0 Å². The van der Waals surface area contributed by atoms with E-state index in [9.17, 15) is 18.6 Å². The number of carbonyl (C=O) groups excluding carboxylic acids is 3. The molecular formula is C20H23BrN2O5S. The number of nitrogens with one attached hydrogen (secondary N) is 1. The van der Waals surface area contributed by atoms with E-state index in [0.717, 1.165) is 5.56 Å². The summed E-state index contributed by atoms with van der Waals surface area (Å²) in [7, 11) is -1.54. The summed E-state index contributed by atoms with van der Waals surface area (Å²) in [5.74, 6) is -1.46. The van der Waals surface area contributed by atoms with E-state index in [1.54, 1.807) is 27.7 Å². The summed E-state index contributed by atoms with van der Waals surface area (Å²) in [5.41, 5.74) is 0.623. The van der Waals surface area contributed by atoms with Crippen molar-refractivity contribution in [2.45, 2.75) is 55.3 Å². The molecule has 0 bridgehead atoms. The molecule has 29 heavy (non-hydrogen) atoms. The minimum absolute atomic E-state index is 0.0879. The summed E-state index contributed by atoms with van der Waals surface area (Å²) < 4.78 is 17.7. The number of halogens is 1. The molecule has 1 saturated heterocycles. The molecule has 1 N–H and O–H groups in total. The summed E-state index contributed by atoms with van der Waals surface area (Å²) in [4.78, 5) is 39.1. The third kappa shape index (κ3) is 4.30. The zero-order valence-corrected chi connectivity index (χ0v) is 19.0.